The van der Waals surface area contributed by atoms with E-state index in [-0.39, 0.29) is 22.5 Å². The molecule has 0 bridgehead atoms. The maximum Gasteiger partial charge on any atom is 0.355 e. The van der Waals surface area contributed by atoms with Crippen molar-refractivity contribution in [2.45, 2.75) is 25.8 Å². The number of hydrogen-bond donors (Lipinski definition) is 0. The molecule has 0 atom stereocenters. The second kappa shape index (κ2) is 7.38. The third-order valence-electron chi connectivity index (χ3n) is 5.70. The van der Waals surface area contributed by atoms with E-state index in [1.54, 1.807) is 24.5 Å². The highest BCUT2D eigenvalue weighted by Crippen LogP contribution is 2.37. The first-order chi connectivity index (χ1) is 16.0. The first-order valence-electron chi connectivity index (χ1n) is 10.5. The van der Waals surface area contributed by atoms with Gasteiger partial charge in [-0.25, -0.2) is 13.8 Å². The van der Waals surface area contributed by atoms with E-state index in [0.717, 1.165) is 23.9 Å². The number of halogens is 2. The Balaban J connectivity index is 1.58. The largest absolute Gasteiger partial charge is 0.434 e. The van der Waals surface area contributed by atoms with Gasteiger partial charge in [0.05, 0.1) is 5.02 Å². The van der Waals surface area contributed by atoms with Crippen LogP contribution in [-0.2, 0) is 0 Å². The van der Waals surface area contributed by atoms with Crippen molar-refractivity contribution in [2.24, 2.45) is 0 Å². The molecule has 4 heterocycles. The van der Waals surface area contributed by atoms with Gasteiger partial charge in [-0.05, 0) is 56.2 Å². The maximum absolute atomic E-state index is 14.3. The van der Waals surface area contributed by atoms with Crippen molar-refractivity contribution in [3.8, 4) is 28.6 Å². The predicted molar refractivity (Wildman–Crippen MR) is 122 cm³/mol. The van der Waals surface area contributed by atoms with Gasteiger partial charge in [-0.15, -0.1) is 0 Å². The monoisotopic (exact) mass is 461 g/mol. The Bertz CT molecular complexity index is 1600. The van der Waals surface area contributed by atoms with Crippen molar-refractivity contribution in [1.29, 1.82) is 0 Å². The predicted octanol–water partition coefficient (Wildman–Crippen LogP) is 5.34. The molecule has 1 saturated carbocycles. The molecule has 0 N–H and O–H groups in total. The number of nitrogens with zero attached hydrogens (tertiary/aromatic N) is 5. The third kappa shape index (κ3) is 3.43. The Labute approximate surface area is 192 Å². The van der Waals surface area contributed by atoms with Gasteiger partial charge in [-0.3, -0.25) is 4.98 Å². The fraction of sp³-hybridized carbons (Fsp3) is 0.167. The van der Waals surface area contributed by atoms with Crippen LogP contribution in [0.5, 0.6) is 0 Å². The van der Waals surface area contributed by atoms with E-state index in [2.05, 4.69) is 15.0 Å². The molecule has 33 heavy (non-hydrogen) atoms. The zero-order valence-electron chi connectivity index (χ0n) is 17.5. The standard InChI is InChI=1S/C24H17ClFN5O2/c1-13-10-15(6-8-27-13)23-28-22(20(33-23)14-2-5-18(25)19(26)11-14)31-12-16-7-9-30(17-3-4-17)21(16)29-24(31)32/h2,5-12,17H,3-4H2,1H3. The maximum atomic E-state index is 14.3. The first kappa shape index (κ1) is 19.9. The SMILES string of the molecule is Cc1cc(-c2nc(-n3cc4ccn(C5CC5)c4nc3=O)c(-c3ccc(Cl)c(F)c3)o2)ccn1. The molecular weight excluding hydrogens is 445 g/mol. The molecule has 0 spiro atoms. The second-order valence-electron chi connectivity index (χ2n) is 8.11. The summed E-state index contributed by atoms with van der Waals surface area (Å²) in [6.45, 7) is 1.86. The Morgan fingerprint density at radius 1 is 1.12 bits per heavy atom. The van der Waals surface area contributed by atoms with E-state index in [9.17, 15) is 9.18 Å². The van der Waals surface area contributed by atoms with Gasteiger partial charge in [0.15, 0.2) is 11.6 Å². The summed E-state index contributed by atoms with van der Waals surface area (Å²) >= 11 is 5.87. The highest BCUT2D eigenvalue weighted by atomic mass is 35.5. The van der Waals surface area contributed by atoms with E-state index in [4.69, 9.17) is 16.0 Å². The van der Waals surface area contributed by atoms with E-state index < -0.39 is 11.5 Å². The zero-order valence-corrected chi connectivity index (χ0v) is 18.3. The molecule has 1 aliphatic rings. The van der Waals surface area contributed by atoms with Gasteiger partial charge in [0.1, 0.15) is 11.5 Å². The average Bonchev–Trinajstić information content (AvgIpc) is 3.41. The highest BCUT2D eigenvalue weighted by Gasteiger charge is 2.26. The molecule has 7 nitrogen and oxygen atoms in total. The van der Waals surface area contributed by atoms with Gasteiger partial charge in [-0.2, -0.15) is 9.97 Å². The number of oxazole rings is 1. The molecular formula is C24H17ClFN5O2. The summed E-state index contributed by atoms with van der Waals surface area (Å²) in [5.41, 5.74) is 2.02. The van der Waals surface area contributed by atoms with Crippen LogP contribution in [0.1, 0.15) is 24.6 Å². The minimum Gasteiger partial charge on any atom is -0.434 e. The van der Waals surface area contributed by atoms with E-state index >= 15 is 0 Å². The lowest BCUT2D eigenvalue weighted by atomic mass is 10.1. The lowest BCUT2D eigenvalue weighted by Gasteiger charge is -2.06. The van der Waals surface area contributed by atoms with E-state index in [1.165, 1.54) is 16.7 Å². The third-order valence-corrected chi connectivity index (χ3v) is 6.00. The summed E-state index contributed by atoms with van der Waals surface area (Å²) in [5.74, 6) is 0.142. The van der Waals surface area contributed by atoms with Crippen LogP contribution in [0.4, 0.5) is 4.39 Å². The summed E-state index contributed by atoms with van der Waals surface area (Å²) in [4.78, 5) is 26.2. The molecule has 1 aromatic carbocycles. The van der Waals surface area contributed by atoms with Crippen LogP contribution in [0, 0.1) is 12.7 Å². The number of benzene rings is 1. The minimum absolute atomic E-state index is 0.00790. The summed E-state index contributed by atoms with van der Waals surface area (Å²) < 4.78 is 23.7. The number of rotatable bonds is 4. The van der Waals surface area contributed by atoms with Crippen molar-refractivity contribution < 1.29 is 8.81 Å². The van der Waals surface area contributed by atoms with Crippen LogP contribution in [0.3, 0.4) is 0 Å². The van der Waals surface area contributed by atoms with E-state index in [1.807, 2.05) is 29.8 Å². The van der Waals surface area contributed by atoms with Crippen molar-refractivity contribution in [2.75, 3.05) is 0 Å². The molecule has 0 radical (unpaired) electrons. The fourth-order valence-electron chi connectivity index (χ4n) is 3.92. The number of fused-ring (bicyclic) bond motifs is 1. The fourth-order valence-corrected chi connectivity index (χ4v) is 4.04. The summed E-state index contributed by atoms with van der Waals surface area (Å²) in [5, 5.41) is 0.797. The minimum atomic E-state index is -0.597. The quantitative estimate of drug-likeness (QED) is 0.361. The molecule has 4 aromatic heterocycles. The van der Waals surface area contributed by atoms with Crippen molar-refractivity contribution in [3.05, 3.63) is 82.0 Å². The van der Waals surface area contributed by atoms with Gasteiger partial charge in [0, 0.05) is 46.8 Å². The normalized spacial score (nSPS) is 13.7. The summed E-state index contributed by atoms with van der Waals surface area (Å²) in [6.07, 6.45) is 7.45. The Morgan fingerprint density at radius 2 is 1.97 bits per heavy atom. The van der Waals surface area contributed by atoms with Gasteiger partial charge >= 0.3 is 5.69 Å². The molecule has 0 amide bonds. The summed E-state index contributed by atoms with van der Waals surface area (Å²) in [7, 11) is 0. The van der Waals surface area contributed by atoms with Crippen LogP contribution in [-0.4, -0.2) is 24.1 Å². The highest BCUT2D eigenvalue weighted by molar-refractivity contribution is 6.30. The van der Waals surface area contributed by atoms with Crippen molar-refractivity contribution >= 4 is 22.6 Å². The molecule has 1 fully saturated rings. The Hall–Kier alpha value is -3.78. The number of pyridine rings is 1. The van der Waals surface area contributed by atoms with E-state index in [0.29, 0.717) is 22.8 Å². The van der Waals surface area contributed by atoms with Gasteiger partial charge < -0.3 is 8.98 Å². The lowest BCUT2D eigenvalue weighted by Crippen LogP contribution is -2.22. The van der Waals surface area contributed by atoms with Crippen LogP contribution < -0.4 is 5.69 Å². The topological polar surface area (TPSA) is 78.7 Å². The van der Waals surface area contributed by atoms with Crippen molar-refractivity contribution in [1.82, 2.24) is 24.1 Å². The Kier molecular flexibility index (Phi) is 4.45. The van der Waals surface area contributed by atoms with Crippen LogP contribution in [0.15, 0.2) is 64.2 Å². The van der Waals surface area contributed by atoms with Gasteiger partial charge in [-0.1, -0.05) is 11.6 Å². The molecule has 9 heteroatoms. The molecule has 6 rings (SSSR count). The average molecular weight is 462 g/mol. The lowest BCUT2D eigenvalue weighted by molar-refractivity contribution is 0.585. The second-order valence-corrected chi connectivity index (χ2v) is 8.52. The smallest absolute Gasteiger partial charge is 0.355 e. The molecule has 0 aliphatic heterocycles. The van der Waals surface area contributed by atoms with Gasteiger partial charge in [0.25, 0.3) is 0 Å². The molecule has 0 saturated heterocycles. The Morgan fingerprint density at radius 3 is 2.73 bits per heavy atom. The first-order valence-corrected chi connectivity index (χ1v) is 10.9. The van der Waals surface area contributed by atoms with Crippen LogP contribution in [0.2, 0.25) is 5.02 Å². The summed E-state index contributed by atoms with van der Waals surface area (Å²) in [6, 6.07) is 10.2. The number of aryl methyl sites for hydroxylation is 1. The van der Waals surface area contributed by atoms with Crippen LogP contribution >= 0.6 is 11.6 Å². The van der Waals surface area contributed by atoms with Gasteiger partial charge in [0.2, 0.25) is 5.89 Å². The van der Waals surface area contributed by atoms with Crippen LogP contribution in [0.25, 0.3) is 39.6 Å². The molecule has 5 aromatic rings. The molecule has 1 aliphatic carbocycles. The van der Waals surface area contributed by atoms with Crippen molar-refractivity contribution in [3.63, 3.8) is 0 Å². The number of hydrogen-bond acceptors (Lipinski definition) is 5. The molecule has 164 valence electrons. The molecule has 0 unspecified atom stereocenters. The number of aromatic nitrogens is 5. The zero-order chi connectivity index (χ0) is 22.7.